The second-order valence-electron chi connectivity index (χ2n) is 5.56. The van der Waals surface area contributed by atoms with Gasteiger partial charge < -0.3 is 10.6 Å². The minimum absolute atomic E-state index is 0.0635. The van der Waals surface area contributed by atoms with Gasteiger partial charge >= 0.3 is 0 Å². The number of sulfonamides is 1. The minimum atomic E-state index is -3.80. The van der Waals surface area contributed by atoms with Crippen LogP contribution in [0.15, 0.2) is 65.2 Å². The molecule has 0 saturated carbocycles. The van der Waals surface area contributed by atoms with E-state index in [1.165, 1.54) is 30.5 Å². The summed E-state index contributed by atoms with van der Waals surface area (Å²) in [6.07, 6.45) is 1.34. The van der Waals surface area contributed by atoms with E-state index >= 15 is 0 Å². The molecule has 4 N–H and O–H groups in total. The van der Waals surface area contributed by atoms with Gasteiger partial charge in [0.25, 0.3) is 5.91 Å². The lowest BCUT2D eigenvalue weighted by Crippen LogP contribution is -2.17. The number of nitrogens with two attached hydrogens (primary N) is 1. The van der Waals surface area contributed by atoms with E-state index in [0.717, 1.165) is 11.1 Å². The molecule has 2 rings (SSSR count). The van der Waals surface area contributed by atoms with Crippen molar-refractivity contribution in [1.29, 1.82) is 5.26 Å². The first-order valence-corrected chi connectivity index (χ1v) is 9.17. The van der Waals surface area contributed by atoms with Crippen LogP contribution >= 0.6 is 0 Å². The fourth-order valence-electron chi connectivity index (χ4n) is 2.17. The van der Waals surface area contributed by atoms with Crippen LogP contribution in [0.1, 0.15) is 11.1 Å². The lowest BCUT2D eigenvalue weighted by molar-refractivity contribution is -0.112. The van der Waals surface area contributed by atoms with Gasteiger partial charge in [0.15, 0.2) is 0 Å². The van der Waals surface area contributed by atoms with E-state index in [1.54, 1.807) is 0 Å². The van der Waals surface area contributed by atoms with Crippen LogP contribution in [0, 0.1) is 18.3 Å². The van der Waals surface area contributed by atoms with E-state index in [9.17, 15) is 13.2 Å². The smallest absolute Gasteiger partial charge is 0.267 e. The van der Waals surface area contributed by atoms with Crippen LogP contribution in [0.4, 0.5) is 5.69 Å². The second-order valence-corrected chi connectivity index (χ2v) is 7.12. The number of amides is 1. The van der Waals surface area contributed by atoms with Gasteiger partial charge in [0.2, 0.25) is 10.0 Å². The Morgan fingerprint density at radius 1 is 1.23 bits per heavy atom. The molecular formula is C18H18N4O3S. The van der Waals surface area contributed by atoms with Crippen LogP contribution in [-0.4, -0.2) is 14.3 Å². The molecule has 0 radical (unpaired) electrons. The van der Waals surface area contributed by atoms with Crippen LogP contribution in [0.3, 0.4) is 0 Å². The summed E-state index contributed by atoms with van der Waals surface area (Å²) in [5.41, 5.74) is 2.39. The summed E-state index contributed by atoms with van der Waals surface area (Å²) in [5.74, 6) is -0.604. The Morgan fingerprint density at radius 2 is 1.92 bits per heavy atom. The van der Waals surface area contributed by atoms with Gasteiger partial charge in [-0.1, -0.05) is 29.8 Å². The largest absolute Gasteiger partial charge is 0.386 e. The average molecular weight is 370 g/mol. The van der Waals surface area contributed by atoms with Gasteiger partial charge in [-0.3, -0.25) is 4.79 Å². The van der Waals surface area contributed by atoms with Gasteiger partial charge in [-0.2, -0.15) is 5.26 Å². The molecule has 0 aliphatic heterocycles. The second kappa shape index (κ2) is 8.29. The van der Waals surface area contributed by atoms with Gasteiger partial charge in [-0.15, -0.1) is 0 Å². The Labute approximate surface area is 152 Å². The number of benzene rings is 2. The molecule has 134 valence electrons. The number of nitriles is 1. The number of anilines is 1. The highest BCUT2D eigenvalue weighted by Gasteiger charge is 2.11. The van der Waals surface area contributed by atoms with Crippen molar-refractivity contribution in [3.8, 4) is 6.07 Å². The van der Waals surface area contributed by atoms with E-state index in [4.69, 9.17) is 10.4 Å². The fraction of sp³-hybridized carbons (Fsp3) is 0.111. The predicted octanol–water partition coefficient (Wildman–Crippen LogP) is 1.78. The van der Waals surface area contributed by atoms with E-state index < -0.39 is 15.9 Å². The number of carbonyl (C=O) groups excluding carboxylic acids is 1. The van der Waals surface area contributed by atoms with Crippen LogP contribution in [0.5, 0.6) is 0 Å². The number of aryl methyl sites for hydroxylation is 1. The molecular weight excluding hydrogens is 352 g/mol. The van der Waals surface area contributed by atoms with E-state index in [2.05, 4.69) is 10.6 Å². The third-order valence-electron chi connectivity index (χ3n) is 3.44. The standard InChI is InChI=1S/C18H18N4O3S/c1-13-3-2-4-14(9-13)11-21-12-15(10-19)18(23)22-16-5-7-17(8-6-16)26(20,24)25/h2-9,12,21H,11H2,1H3,(H,22,23)(H2,20,24,25)/b15-12-. The Morgan fingerprint density at radius 3 is 2.50 bits per heavy atom. The maximum atomic E-state index is 12.1. The van der Waals surface area contributed by atoms with Crippen molar-refractivity contribution in [2.45, 2.75) is 18.4 Å². The van der Waals surface area contributed by atoms with Crippen molar-refractivity contribution in [3.63, 3.8) is 0 Å². The third-order valence-corrected chi connectivity index (χ3v) is 4.37. The highest BCUT2D eigenvalue weighted by molar-refractivity contribution is 7.89. The zero-order valence-electron chi connectivity index (χ0n) is 14.1. The SMILES string of the molecule is Cc1cccc(CN/C=C(/C#N)C(=O)Nc2ccc(S(N)(=O)=O)cc2)c1. The van der Waals surface area contributed by atoms with Crippen molar-refractivity contribution in [2.75, 3.05) is 5.32 Å². The Bertz CT molecular complexity index is 974. The topological polar surface area (TPSA) is 125 Å². The summed E-state index contributed by atoms with van der Waals surface area (Å²) in [7, 11) is -3.80. The van der Waals surface area contributed by atoms with Crippen LogP contribution < -0.4 is 15.8 Å². The number of hydrogen-bond acceptors (Lipinski definition) is 5. The van der Waals surface area contributed by atoms with Gasteiger partial charge in [0.1, 0.15) is 11.6 Å². The summed E-state index contributed by atoms with van der Waals surface area (Å²) in [6, 6.07) is 15.0. The Kier molecular flexibility index (Phi) is 6.11. The molecule has 2 aromatic carbocycles. The van der Waals surface area contributed by atoms with Gasteiger partial charge in [0.05, 0.1) is 4.90 Å². The molecule has 0 atom stereocenters. The van der Waals surface area contributed by atoms with E-state index in [0.29, 0.717) is 12.2 Å². The molecule has 0 aliphatic carbocycles. The summed E-state index contributed by atoms with van der Waals surface area (Å²) in [6.45, 7) is 2.46. The molecule has 7 nitrogen and oxygen atoms in total. The lowest BCUT2D eigenvalue weighted by Gasteiger charge is -2.06. The molecule has 26 heavy (non-hydrogen) atoms. The first-order chi connectivity index (χ1) is 12.3. The maximum Gasteiger partial charge on any atom is 0.267 e. The molecule has 2 aromatic rings. The maximum absolute atomic E-state index is 12.1. The van der Waals surface area contributed by atoms with Gasteiger partial charge in [-0.05, 0) is 36.8 Å². The zero-order chi connectivity index (χ0) is 19.2. The Balaban J connectivity index is 2.00. The molecule has 0 heterocycles. The molecule has 0 fully saturated rings. The molecule has 0 aliphatic rings. The number of rotatable bonds is 6. The molecule has 0 saturated heterocycles. The number of primary sulfonamides is 1. The first kappa shape index (κ1) is 19.2. The predicted molar refractivity (Wildman–Crippen MR) is 98.2 cm³/mol. The van der Waals surface area contributed by atoms with E-state index in [1.807, 2.05) is 37.3 Å². The highest BCUT2D eigenvalue weighted by Crippen LogP contribution is 2.13. The van der Waals surface area contributed by atoms with Crippen molar-refractivity contribution in [2.24, 2.45) is 5.14 Å². The van der Waals surface area contributed by atoms with Crippen LogP contribution in [-0.2, 0) is 21.4 Å². The number of carbonyl (C=O) groups is 1. The summed E-state index contributed by atoms with van der Waals surface area (Å²) >= 11 is 0. The van der Waals surface area contributed by atoms with E-state index in [-0.39, 0.29) is 10.5 Å². The van der Waals surface area contributed by atoms with Crippen LogP contribution in [0.25, 0.3) is 0 Å². The monoisotopic (exact) mass is 370 g/mol. The van der Waals surface area contributed by atoms with Gasteiger partial charge in [0, 0.05) is 18.4 Å². The number of nitrogens with one attached hydrogen (secondary N) is 2. The Hall–Kier alpha value is -3.15. The first-order valence-electron chi connectivity index (χ1n) is 7.63. The quantitative estimate of drug-likeness (QED) is 0.528. The fourth-order valence-corrected chi connectivity index (χ4v) is 2.68. The lowest BCUT2D eigenvalue weighted by atomic mass is 10.1. The highest BCUT2D eigenvalue weighted by atomic mass is 32.2. The number of nitrogens with zero attached hydrogens (tertiary/aromatic N) is 1. The van der Waals surface area contributed by atoms with Gasteiger partial charge in [-0.25, -0.2) is 13.6 Å². The molecule has 1 amide bonds. The summed E-state index contributed by atoms with van der Waals surface area (Å²) in [4.78, 5) is 12.1. The number of hydrogen-bond donors (Lipinski definition) is 3. The minimum Gasteiger partial charge on any atom is -0.386 e. The van der Waals surface area contributed by atoms with Crippen LogP contribution in [0.2, 0.25) is 0 Å². The summed E-state index contributed by atoms with van der Waals surface area (Å²) in [5, 5.41) is 19.6. The molecule has 0 unspecified atom stereocenters. The molecule has 0 bridgehead atoms. The molecule has 0 spiro atoms. The van der Waals surface area contributed by atoms with Crippen molar-refractivity contribution < 1.29 is 13.2 Å². The van der Waals surface area contributed by atoms with Crippen molar-refractivity contribution in [3.05, 3.63) is 71.4 Å². The summed E-state index contributed by atoms with van der Waals surface area (Å²) < 4.78 is 22.4. The average Bonchev–Trinajstić information content (AvgIpc) is 2.58. The zero-order valence-corrected chi connectivity index (χ0v) is 14.9. The molecule has 0 aromatic heterocycles. The third kappa shape index (κ3) is 5.44. The normalized spacial score (nSPS) is 11.5. The van der Waals surface area contributed by atoms with Crippen molar-refractivity contribution in [1.82, 2.24) is 5.32 Å². The van der Waals surface area contributed by atoms with Crippen molar-refractivity contribution >= 4 is 21.6 Å². The molecule has 8 heteroatoms.